The van der Waals surface area contributed by atoms with E-state index in [1.807, 2.05) is 71.4 Å². The summed E-state index contributed by atoms with van der Waals surface area (Å²) in [6, 6.07) is 30.6. The Morgan fingerprint density at radius 2 is 1.50 bits per heavy atom. The van der Waals surface area contributed by atoms with Gasteiger partial charge in [-0.05, 0) is 29.8 Å². The van der Waals surface area contributed by atoms with Gasteiger partial charge in [-0.1, -0.05) is 96.8 Å². The zero-order chi connectivity index (χ0) is 22.1. The smallest absolute Gasteiger partial charge is 0.265 e. The normalized spacial score (nSPS) is 15.0. The maximum atomic E-state index is 12.3. The number of nitrogens with zero attached hydrogens (tertiary/aromatic N) is 3. The van der Waals surface area contributed by atoms with Crippen LogP contribution >= 0.6 is 24.0 Å². The summed E-state index contributed by atoms with van der Waals surface area (Å²) in [7, 11) is 1.70. The molecule has 5 rings (SSSR count). The van der Waals surface area contributed by atoms with E-state index in [0.29, 0.717) is 9.23 Å². The van der Waals surface area contributed by atoms with Gasteiger partial charge in [-0.25, -0.2) is 4.68 Å². The maximum Gasteiger partial charge on any atom is 0.265 e. The molecule has 0 spiro atoms. The molecular weight excluding hydrogens is 434 g/mol. The highest BCUT2D eigenvalue weighted by atomic mass is 32.2. The fraction of sp³-hybridized carbons (Fsp3) is 0.0385. The summed E-state index contributed by atoms with van der Waals surface area (Å²) in [4.78, 5) is 14.4. The molecule has 1 aliphatic rings. The van der Waals surface area contributed by atoms with E-state index in [2.05, 4.69) is 30.3 Å². The maximum absolute atomic E-state index is 12.3. The van der Waals surface area contributed by atoms with Gasteiger partial charge >= 0.3 is 0 Å². The number of thiocarbonyl (C=S) groups is 1. The third kappa shape index (κ3) is 3.90. The minimum Gasteiger partial charge on any atom is -0.296 e. The van der Waals surface area contributed by atoms with Crippen LogP contribution in [0.4, 0.5) is 0 Å². The summed E-state index contributed by atoms with van der Waals surface area (Å²) in [5.74, 6) is -0.0602. The lowest BCUT2D eigenvalue weighted by atomic mass is 10.1. The lowest BCUT2D eigenvalue weighted by Gasteiger charge is -2.08. The molecule has 0 saturated carbocycles. The monoisotopic (exact) mass is 453 g/mol. The molecule has 4 nitrogen and oxygen atoms in total. The quantitative estimate of drug-likeness (QED) is 0.279. The van der Waals surface area contributed by atoms with Crippen LogP contribution in [0.2, 0.25) is 0 Å². The van der Waals surface area contributed by atoms with Gasteiger partial charge in [-0.3, -0.25) is 9.69 Å². The highest BCUT2D eigenvalue weighted by molar-refractivity contribution is 8.26. The van der Waals surface area contributed by atoms with Crippen molar-refractivity contribution in [2.45, 2.75) is 0 Å². The Balaban J connectivity index is 1.54. The van der Waals surface area contributed by atoms with Crippen LogP contribution in [0.25, 0.3) is 34.3 Å². The highest BCUT2D eigenvalue weighted by Crippen LogP contribution is 2.32. The van der Waals surface area contributed by atoms with Gasteiger partial charge in [0, 0.05) is 18.2 Å². The summed E-state index contributed by atoms with van der Waals surface area (Å²) in [5.41, 5.74) is 5.99. The summed E-state index contributed by atoms with van der Waals surface area (Å²) in [6.45, 7) is 0. The first kappa shape index (κ1) is 20.4. The van der Waals surface area contributed by atoms with Gasteiger partial charge in [0.05, 0.1) is 22.0 Å². The minimum atomic E-state index is -0.0602. The van der Waals surface area contributed by atoms with Crippen LogP contribution in [0.5, 0.6) is 0 Å². The third-order valence-corrected chi connectivity index (χ3v) is 6.76. The molecule has 0 bridgehead atoms. The lowest BCUT2D eigenvalue weighted by Crippen LogP contribution is -2.22. The van der Waals surface area contributed by atoms with Crippen molar-refractivity contribution < 1.29 is 4.79 Å². The molecule has 1 aliphatic heterocycles. The van der Waals surface area contributed by atoms with Crippen LogP contribution in [0, 0.1) is 0 Å². The second kappa shape index (κ2) is 8.57. The van der Waals surface area contributed by atoms with Crippen molar-refractivity contribution in [3.63, 3.8) is 0 Å². The van der Waals surface area contributed by atoms with Crippen LogP contribution in [0.1, 0.15) is 5.56 Å². The summed E-state index contributed by atoms with van der Waals surface area (Å²) >= 11 is 6.55. The molecule has 0 unspecified atom stereocenters. The topological polar surface area (TPSA) is 38.1 Å². The Kier molecular flexibility index (Phi) is 5.47. The SMILES string of the molecule is CN1C(=O)/C(=C/c2ccc(-n3nc(-c4ccccc4)cc3-c3ccccc3)cc2)SC1=S. The molecule has 156 valence electrons. The molecule has 2 heterocycles. The van der Waals surface area contributed by atoms with Gasteiger partial charge in [0.25, 0.3) is 5.91 Å². The number of benzene rings is 3. The molecule has 0 radical (unpaired) electrons. The molecule has 1 amide bonds. The Labute approximate surface area is 196 Å². The number of carbonyl (C=O) groups is 1. The Bertz CT molecular complexity index is 1330. The fourth-order valence-corrected chi connectivity index (χ4v) is 4.73. The summed E-state index contributed by atoms with van der Waals surface area (Å²) in [5, 5.41) is 4.91. The predicted molar refractivity (Wildman–Crippen MR) is 135 cm³/mol. The van der Waals surface area contributed by atoms with E-state index in [4.69, 9.17) is 17.3 Å². The third-order valence-electron chi connectivity index (χ3n) is 5.27. The Morgan fingerprint density at radius 1 is 0.875 bits per heavy atom. The predicted octanol–water partition coefficient (Wildman–Crippen LogP) is 6.04. The number of carbonyl (C=O) groups excluding carboxylic acids is 1. The van der Waals surface area contributed by atoms with E-state index in [-0.39, 0.29) is 5.91 Å². The first-order valence-corrected chi connectivity index (χ1v) is 11.4. The van der Waals surface area contributed by atoms with Crippen molar-refractivity contribution in [1.29, 1.82) is 0 Å². The molecule has 1 fully saturated rings. The van der Waals surface area contributed by atoms with Crippen LogP contribution < -0.4 is 0 Å². The Hall–Kier alpha value is -3.48. The number of likely N-dealkylation sites (N-methyl/N-ethyl adjacent to an activating group) is 1. The fourth-order valence-electron chi connectivity index (χ4n) is 3.55. The van der Waals surface area contributed by atoms with E-state index >= 15 is 0 Å². The summed E-state index contributed by atoms with van der Waals surface area (Å²) in [6.07, 6.45) is 1.88. The van der Waals surface area contributed by atoms with Crippen LogP contribution in [0.15, 0.2) is 95.9 Å². The van der Waals surface area contributed by atoms with Crippen molar-refractivity contribution >= 4 is 40.3 Å². The van der Waals surface area contributed by atoms with Crippen LogP contribution in [0.3, 0.4) is 0 Å². The first-order chi connectivity index (χ1) is 15.6. The second-order valence-corrected chi connectivity index (χ2v) is 9.07. The zero-order valence-corrected chi connectivity index (χ0v) is 18.9. The molecule has 32 heavy (non-hydrogen) atoms. The van der Waals surface area contributed by atoms with Gasteiger partial charge in [0.15, 0.2) is 0 Å². The molecule has 0 atom stereocenters. The molecule has 4 aromatic rings. The van der Waals surface area contributed by atoms with Crippen molar-refractivity contribution in [1.82, 2.24) is 14.7 Å². The number of hydrogen-bond acceptors (Lipinski definition) is 4. The lowest BCUT2D eigenvalue weighted by molar-refractivity contribution is -0.121. The van der Waals surface area contributed by atoms with Crippen molar-refractivity contribution in [3.8, 4) is 28.2 Å². The van der Waals surface area contributed by atoms with Gasteiger partial charge < -0.3 is 0 Å². The first-order valence-electron chi connectivity index (χ1n) is 10.1. The van der Waals surface area contributed by atoms with Gasteiger partial charge in [0.2, 0.25) is 0 Å². The zero-order valence-electron chi connectivity index (χ0n) is 17.3. The molecule has 0 N–H and O–H groups in total. The number of hydrogen-bond donors (Lipinski definition) is 0. The average molecular weight is 454 g/mol. The molecular formula is C26H19N3OS2. The van der Waals surface area contributed by atoms with Gasteiger partial charge in [-0.15, -0.1) is 0 Å². The highest BCUT2D eigenvalue weighted by Gasteiger charge is 2.28. The van der Waals surface area contributed by atoms with E-state index in [0.717, 1.165) is 33.8 Å². The van der Waals surface area contributed by atoms with E-state index in [1.165, 1.54) is 16.7 Å². The minimum absolute atomic E-state index is 0.0602. The molecule has 1 saturated heterocycles. The average Bonchev–Trinajstić information content (AvgIpc) is 3.39. The number of rotatable bonds is 4. The van der Waals surface area contributed by atoms with Crippen LogP contribution in [-0.2, 0) is 4.79 Å². The van der Waals surface area contributed by atoms with Crippen molar-refractivity contribution in [3.05, 3.63) is 101 Å². The molecule has 1 aromatic heterocycles. The molecule has 0 aliphatic carbocycles. The largest absolute Gasteiger partial charge is 0.296 e. The second-order valence-electron chi connectivity index (χ2n) is 7.39. The molecule has 3 aromatic carbocycles. The van der Waals surface area contributed by atoms with E-state index in [9.17, 15) is 4.79 Å². The standard InChI is InChI=1S/C26H19N3OS2/c1-28-25(30)24(32-26(28)31)16-18-12-14-21(15-13-18)29-23(20-10-6-3-7-11-20)17-22(27-29)19-8-4-2-5-9-19/h2-17H,1H3/b24-16-. The van der Waals surface area contributed by atoms with E-state index < -0.39 is 0 Å². The summed E-state index contributed by atoms with van der Waals surface area (Å²) < 4.78 is 2.54. The van der Waals surface area contributed by atoms with Crippen LogP contribution in [-0.4, -0.2) is 32.0 Å². The van der Waals surface area contributed by atoms with Crippen molar-refractivity contribution in [2.24, 2.45) is 0 Å². The van der Waals surface area contributed by atoms with Gasteiger partial charge in [0.1, 0.15) is 4.32 Å². The van der Waals surface area contributed by atoms with Gasteiger partial charge in [-0.2, -0.15) is 5.10 Å². The van der Waals surface area contributed by atoms with Crippen molar-refractivity contribution in [2.75, 3.05) is 7.05 Å². The van der Waals surface area contributed by atoms with E-state index in [1.54, 1.807) is 7.05 Å². The number of amides is 1. The number of aromatic nitrogens is 2. The number of thioether (sulfide) groups is 1. The Morgan fingerprint density at radius 3 is 2.09 bits per heavy atom. The molecule has 6 heteroatoms.